The van der Waals surface area contributed by atoms with E-state index in [1.165, 1.54) is 6.08 Å². The number of thiocarbonyl (C=S) groups is 1. The van der Waals surface area contributed by atoms with Crippen LogP contribution < -0.4 is 16.0 Å². The van der Waals surface area contributed by atoms with Crippen LogP contribution in [0.25, 0.3) is 6.08 Å². The Morgan fingerprint density at radius 1 is 1.11 bits per heavy atom. The maximum absolute atomic E-state index is 12.1. The molecule has 2 aromatic rings. The first-order valence-corrected chi connectivity index (χ1v) is 8.75. The number of benzene rings is 2. The average molecular weight is 383 g/mol. The Bertz CT molecular complexity index is 848. The molecule has 4 N–H and O–H groups in total. The van der Waals surface area contributed by atoms with Gasteiger partial charge in [0.25, 0.3) is 5.91 Å². The van der Waals surface area contributed by atoms with E-state index in [1.54, 1.807) is 30.3 Å². The molecule has 0 aliphatic heterocycles. The van der Waals surface area contributed by atoms with Crippen molar-refractivity contribution in [2.24, 2.45) is 0 Å². The zero-order valence-corrected chi connectivity index (χ0v) is 15.7. The van der Waals surface area contributed by atoms with E-state index in [1.807, 2.05) is 31.2 Å². The van der Waals surface area contributed by atoms with Gasteiger partial charge in [0, 0.05) is 12.6 Å². The van der Waals surface area contributed by atoms with Gasteiger partial charge in [-0.05, 0) is 42.9 Å². The summed E-state index contributed by atoms with van der Waals surface area (Å²) in [6.45, 7) is 1.99. The number of aliphatic hydroxyl groups is 1. The predicted molar refractivity (Wildman–Crippen MR) is 110 cm³/mol. The standard InChI is InChI=1S/C20H21N3O3S/c1-14-6-8-15(9-7-14)10-11-18(25)23-20(27)22-17-5-3-2-4-16(17)19(26)21-12-13-24/h2-11,24H,12-13H2,1H3,(H,21,26)(H2,22,23,25,27)/b11-10+. The highest BCUT2D eigenvalue weighted by atomic mass is 32.1. The second-order valence-electron chi connectivity index (χ2n) is 5.71. The zero-order chi connectivity index (χ0) is 19.6. The first kappa shape index (κ1) is 20.3. The number of carbonyl (C=O) groups is 2. The van der Waals surface area contributed by atoms with Crippen LogP contribution in [0.5, 0.6) is 0 Å². The number of carbonyl (C=O) groups excluding carboxylic acids is 2. The molecule has 2 amide bonds. The summed E-state index contributed by atoms with van der Waals surface area (Å²) in [5.74, 6) is -0.726. The molecule has 0 atom stereocenters. The zero-order valence-electron chi connectivity index (χ0n) is 14.9. The van der Waals surface area contributed by atoms with Crippen LogP contribution in [0.4, 0.5) is 5.69 Å². The van der Waals surface area contributed by atoms with Gasteiger partial charge in [-0.3, -0.25) is 14.9 Å². The molecule has 0 unspecified atom stereocenters. The molecular weight excluding hydrogens is 362 g/mol. The molecule has 27 heavy (non-hydrogen) atoms. The molecule has 0 radical (unpaired) electrons. The van der Waals surface area contributed by atoms with E-state index >= 15 is 0 Å². The fourth-order valence-electron chi connectivity index (χ4n) is 2.21. The number of aliphatic hydroxyl groups excluding tert-OH is 1. The number of amides is 2. The van der Waals surface area contributed by atoms with E-state index in [4.69, 9.17) is 17.3 Å². The van der Waals surface area contributed by atoms with Crippen LogP contribution in [0.2, 0.25) is 0 Å². The normalized spacial score (nSPS) is 10.4. The molecule has 2 aromatic carbocycles. The Labute approximate surface area is 163 Å². The van der Waals surface area contributed by atoms with E-state index in [0.29, 0.717) is 11.3 Å². The molecule has 7 heteroatoms. The van der Waals surface area contributed by atoms with Crippen LogP contribution in [0, 0.1) is 6.92 Å². The van der Waals surface area contributed by atoms with Crippen molar-refractivity contribution in [1.82, 2.24) is 10.6 Å². The Balaban J connectivity index is 1.96. The van der Waals surface area contributed by atoms with Crippen molar-refractivity contribution in [3.8, 4) is 0 Å². The summed E-state index contributed by atoms with van der Waals surface area (Å²) in [5.41, 5.74) is 2.86. The van der Waals surface area contributed by atoms with Crippen molar-refractivity contribution < 1.29 is 14.7 Å². The summed E-state index contributed by atoms with van der Waals surface area (Å²) < 4.78 is 0. The van der Waals surface area contributed by atoms with Gasteiger partial charge < -0.3 is 15.7 Å². The van der Waals surface area contributed by atoms with Gasteiger partial charge in [0.2, 0.25) is 5.91 Å². The Kier molecular flexibility index (Phi) is 7.66. The third-order valence-electron chi connectivity index (χ3n) is 3.56. The largest absolute Gasteiger partial charge is 0.395 e. The Morgan fingerprint density at radius 3 is 2.52 bits per heavy atom. The van der Waals surface area contributed by atoms with Crippen molar-refractivity contribution in [3.63, 3.8) is 0 Å². The molecule has 0 saturated heterocycles. The number of hydrogen-bond donors (Lipinski definition) is 4. The van der Waals surface area contributed by atoms with Gasteiger partial charge in [-0.25, -0.2) is 0 Å². The number of anilines is 1. The molecule has 6 nitrogen and oxygen atoms in total. The molecule has 0 spiro atoms. The number of aryl methyl sites for hydroxylation is 1. The van der Waals surface area contributed by atoms with Crippen molar-refractivity contribution in [2.75, 3.05) is 18.5 Å². The first-order valence-electron chi connectivity index (χ1n) is 8.34. The van der Waals surface area contributed by atoms with Crippen LogP contribution in [0.15, 0.2) is 54.6 Å². The molecule has 140 valence electrons. The van der Waals surface area contributed by atoms with Gasteiger partial charge in [0.1, 0.15) is 0 Å². The topological polar surface area (TPSA) is 90.5 Å². The Morgan fingerprint density at radius 2 is 1.81 bits per heavy atom. The minimum atomic E-state index is -0.379. The average Bonchev–Trinajstić information content (AvgIpc) is 2.66. The van der Waals surface area contributed by atoms with E-state index in [2.05, 4.69) is 16.0 Å². The lowest BCUT2D eigenvalue weighted by molar-refractivity contribution is -0.115. The van der Waals surface area contributed by atoms with Gasteiger partial charge in [0.15, 0.2) is 5.11 Å². The van der Waals surface area contributed by atoms with Gasteiger partial charge in [0.05, 0.1) is 17.9 Å². The van der Waals surface area contributed by atoms with Crippen molar-refractivity contribution in [1.29, 1.82) is 0 Å². The fraction of sp³-hybridized carbons (Fsp3) is 0.150. The lowest BCUT2D eigenvalue weighted by Crippen LogP contribution is -2.34. The number of rotatable bonds is 6. The molecular formula is C20H21N3O3S. The maximum Gasteiger partial charge on any atom is 0.253 e. The highest BCUT2D eigenvalue weighted by Gasteiger charge is 2.11. The van der Waals surface area contributed by atoms with Crippen LogP contribution in [-0.4, -0.2) is 35.2 Å². The second kappa shape index (κ2) is 10.2. The summed E-state index contributed by atoms with van der Waals surface area (Å²) >= 11 is 5.15. The lowest BCUT2D eigenvalue weighted by Gasteiger charge is -2.12. The molecule has 0 aromatic heterocycles. The molecule has 0 saturated carbocycles. The molecule has 0 aliphatic rings. The number of nitrogens with one attached hydrogen (secondary N) is 3. The van der Waals surface area contributed by atoms with Gasteiger partial charge in [-0.1, -0.05) is 42.0 Å². The Hall–Kier alpha value is -3.03. The summed E-state index contributed by atoms with van der Waals surface area (Å²) in [7, 11) is 0. The fourth-order valence-corrected chi connectivity index (χ4v) is 2.42. The predicted octanol–water partition coefficient (Wildman–Crippen LogP) is 2.24. The van der Waals surface area contributed by atoms with E-state index in [-0.39, 0.29) is 30.1 Å². The minimum absolute atomic E-state index is 0.0796. The smallest absolute Gasteiger partial charge is 0.253 e. The first-order chi connectivity index (χ1) is 13.0. The molecule has 2 rings (SSSR count). The van der Waals surface area contributed by atoms with E-state index in [9.17, 15) is 9.59 Å². The number of para-hydroxylation sites is 1. The van der Waals surface area contributed by atoms with Gasteiger partial charge in [-0.2, -0.15) is 0 Å². The van der Waals surface area contributed by atoms with E-state index in [0.717, 1.165) is 11.1 Å². The van der Waals surface area contributed by atoms with Crippen molar-refractivity contribution in [3.05, 3.63) is 71.3 Å². The second-order valence-corrected chi connectivity index (χ2v) is 6.12. The van der Waals surface area contributed by atoms with E-state index < -0.39 is 0 Å². The van der Waals surface area contributed by atoms with Crippen LogP contribution in [-0.2, 0) is 4.79 Å². The summed E-state index contributed by atoms with van der Waals surface area (Å²) in [6, 6.07) is 14.5. The molecule has 0 aliphatic carbocycles. The third-order valence-corrected chi connectivity index (χ3v) is 3.76. The summed E-state index contributed by atoms with van der Waals surface area (Å²) in [4.78, 5) is 24.1. The van der Waals surface area contributed by atoms with Crippen molar-refractivity contribution >= 4 is 40.9 Å². The van der Waals surface area contributed by atoms with Crippen LogP contribution in [0.1, 0.15) is 21.5 Å². The maximum atomic E-state index is 12.1. The molecule has 0 heterocycles. The van der Waals surface area contributed by atoms with Crippen LogP contribution >= 0.6 is 12.2 Å². The minimum Gasteiger partial charge on any atom is -0.395 e. The van der Waals surface area contributed by atoms with Gasteiger partial charge in [-0.15, -0.1) is 0 Å². The highest BCUT2D eigenvalue weighted by molar-refractivity contribution is 7.80. The summed E-state index contributed by atoms with van der Waals surface area (Å²) in [6.07, 6.45) is 3.08. The molecule has 0 fully saturated rings. The monoisotopic (exact) mass is 383 g/mol. The SMILES string of the molecule is Cc1ccc(/C=C/C(=O)NC(=S)Nc2ccccc2C(=O)NCCO)cc1. The van der Waals surface area contributed by atoms with Crippen LogP contribution in [0.3, 0.4) is 0 Å². The molecule has 0 bridgehead atoms. The third kappa shape index (κ3) is 6.65. The quantitative estimate of drug-likeness (QED) is 0.454. The highest BCUT2D eigenvalue weighted by Crippen LogP contribution is 2.14. The van der Waals surface area contributed by atoms with Gasteiger partial charge >= 0.3 is 0 Å². The lowest BCUT2D eigenvalue weighted by atomic mass is 10.1. The van der Waals surface area contributed by atoms with Crippen molar-refractivity contribution in [2.45, 2.75) is 6.92 Å². The summed E-state index contributed by atoms with van der Waals surface area (Å²) in [5, 5.41) is 16.9. The number of hydrogen-bond acceptors (Lipinski definition) is 4.